The van der Waals surface area contributed by atoms with Gasteiger partial charge < -0.3 is 9.94 Å². The molecule has 94 valence electrons. The van der Waals surface area contributed by atoms with Gasteiger partial charge in [0.15, 0.2) is 12.0 Å². The van der Waals surface area contributed by atoms with Crippen molar-refractivity contribution < 1.29 is 19.5 Å². The first-order valence-electron chi connectivity index (χ1n) is 5.05. The lowest BCUT2D eigenvalue weighted by molar-refractivity contribution is 0.0518. The van der Waals surface area contributed by atoms with Crippen molar-refractivity contribution in [3.8, 4) is 11.3 Å². The monoisotopic (exact) mass is 251 g/mol. The van der Waals surface area contributed by atoms with E-state index in [-0.39, 0.29) is 29.1 Å². The summed E-state index contributed by atoms with van der Waals surface area (Å²) in [5.41, 5.74) is -1.06. The van der Waals surface area contributed by atoms with Gasteiger partial charge in [0, 0.05) is 5.56 Å². The number of hydrogen-bond donors (Lipinski definition) is 2. The number of ether oxygens (including phenoxy) is 1. The van der Waals surface area contributed by atoms with E-state index in [0.29, 0.717) is 11.1 Å². The molecule has 0 fully saturated rings. The minimum atomic E-state index is -0.792. The molecule has 0 aliphatic carbocycles. The minimum absolute atomic E-state index is 0.0827. The van der Waals surface area contributed by atoms with Gasteiger partial charge in [0.1, 0.15) is 5.69 Å². The van der Waals surface area contributed by atoms with Crippen molar-refractivity contribution >= 4 is 12.3 Å². The maximum Gasteiger partial charge on any atom is 0.357 e. The van der Waals surface area contributed by atoms with Crippen molar-refractivity contribution in [3.63, 3.8) is 0 Å². The first-order chi connectivity index (χ1) is 8.58. The maximum atomic E-state index is 11.6. The molecular weight excluding hydrogens is 242 g/mol. The van der Waals surface area contributed by atoms with Crippen molar-refractivity contribution in [1.29, 1.82) is 0 Å². The zero-order chi connectivity index (χ0) is 13.3. The fourth-order valence-corrected chi connectivity index (χ4v) is 1.58. The van der Waals surface area contributed by atoms with Crippen molar-refractivity contribution in [3.05, 3.63) is 27.8 Å². The van der Waals surface area contributed by atoms with E-state index in [1.54, 1.807) is 6.92 Å². The van der Waals surface area contributed by atoms with Gasteiger partial charge in [0.2, 0.25) is 0 Å². The van der Waals surface area contributed by atoms with E-state index >= 15 is 0 Å². The number of aldehydes is 1. The Morgan fingerprint density at radius 1 is 1.67 bits per heavy atom. The maximum absolute atomic E-state index is 11.6. The van der Waals surface area contributed by atoms with E-state index in [1.165, 1.54) is 0 Å². The van der Waals surface area contributed by atoms with Crippen LogP contribution in [0, 0.1) is 0 Å². The number of hydrogen-bond acceptors (Lipinski definition) is 6. The standard InChI is InChI=1S/C10H9N3O5/c1-2-18-10(16)8-6(4-14)5-3-13(17)12-9(15)7(5)11-8/h3-4,17H,2H2,1H3,(H,12,15). The third-order valence-corrected chi connectivity index (χ3v) is 2.29. The number of rotatable bonds is 3. The van der Waals surface area contributed by atoms with Crippen LogP contribution in [0.25, 0.3) is 11.3 Å². The lowest BCUT2D eigenvalue weighted by atomic mass is 10.1. The summed E-state index contributed by atoms with van der Waals surface area (Å²) in [6.07, 6.45) is 1.47. The van der Waals surface area contributed by atoms with Crippen LogP contribution in [0.1, 0.15) is 27.8 Å². The molecule has 2 rings (SSSR count). The highest BCUT2D eigenvalue weighted by atomic mass is 16.5. The molecule has 0 saturated heterocycles. The Hall–Kier alpha value is -2.64. The van der Waals surface area contributed by atoms with Crippen LogP contribution in [0.5, 0.6) is 0 Å². The molecule has 0 aromatic rings. The van der Waals surface area contributed by atoms with Gasteiger partial charge in [-0.25, -0.2) is 14.9 Å². The molecule has 0 unspecified atom stereocenters. The Bertz CT molecular complexity index is 642. The van der Waals surface area contributed by atoms with Crippen molar-refractivity contribution in [2.24, 2.45) is 0 Å². The second-order valence-electron chi connectivity index (χ2n) is 3.39. The lowest BCUT2D eigenvalue weighted by Crippen LogP contribution is -2.17. The number of aromatic nitrogens is 3. The highest BCUT2D eigenvalue weighted by Gasteiger charge is 2.26. The van der Waals surface area contributed by atoms with E-state index in [2.05, 4.69) is 4.98 Å². The van der Waals surface area contributed by atoms with Gasteiger partial charge in [-0.3, -0.25) is 9.59 Å². The molecule has 0 saturated carbocycles. The highest BCUT2D eigenvalue weighted by molar-refractivity contribution is 6.02. The molecule has 8 nitrogen and oxygen atoms in total. The molecular formula is C10H9N3O5. The van der Waals surface area contributed by atoms with E-state index < -0.39 is 11.5 Å². The molecule has 18 heavy (non-hydrogen) atoms. The topological polar surface area (TPSA) is 114 Å². The van der Waals surface area contributed by atoms with Crippen LogP contribution in [-0.2, 0) is 4.74 Å². The molecule has 0 aromatic carbocycles. The average Bonchev–Trinajstić information content (AvgIpc) is 2.68. The quantitative estimate of drug-likeness (QED) is 0.447. The third-order valence-electron chi connectivity index (χ3n) is 2.29. The second kappa shape index (κ2) is 4.32. The van der Waals surface area contributed by atoms with Crippen LogP contribution >= 0.6 is 0 Å². The van der Waals surface area contributed by atoms with Gasteiger partial charge in [0.25, 0.3) is 5.56 Å². The van der Waals surface area contributed by atoms with Crippen LogP contribution in [0.4, 0.5) is 0 Å². The van der Waals surface area contributed by atoms with Gasteiger partial charge in [-0.1, -0.05) is 0 Å². The molecule has 2 heterocycles. The van der Waals surface area contributed by atoms with E-state index in [9.17, 15) is 19.6 Å². The average molecular weight is 251 g/mol. The predicted molar refractivity (Wildman–Crippen MR) is 58.0 cm³/mol. The van der Waals surface area contributed by atoms with E-state index in [4.69, 9.17) is 4.74 Å². The fourth-order valence-electron chi connectivity index (χ4n) is 1.58. The Balaban J connectivity index is 2.72. The van der Waals surface area contributed by atoms with Crippen molar-refractivity contribution in [1.82, 2.24) is 14.9 Å². The number of nitrogens with one attached hydrogen (secondary N) is 1. The molecule has 0 atom stereocenters. The Kier molecular flexibility index (Phi) is 2.84. The molecule has 0 amide bonds. The van der Waals surface area contributed by atoms with Crippen molar-refractivity contribution in [2.75, 3.05) is 6.61 Å². The molecule has 8 heteroatoms. The van der Waals surface area contributed by atoms with Crippen molar-refractivity contribution in [2.45, 2.75) is 6.92 Å². The number of H-pyrrole nitrogens is 1. The second-order valence-corrected chi connectivity index (χ2v) is 3.39. The smallest absolute Gasteiger partial charge is 0.357 e. The summed E-state index contributed by atoms with van der Waals surface area (Å²) in [6.45, 7) is 1.73. The van der Waals surface area contributed by atoms with Crippen LogP contribution < -0.4 is 5.56 Å². The Morgan fingerprint density at radius 2 is 2.39 bits per heavy atom. The number of aromatic amines is 1. The summed E-state index contributed by atoms with van der Waals surface area (Å²) in [5.74, 6) is -0.792. The third kappa shape index (κ3) is 1.73. The van der Waals surface area contributed by atoms with E-state index in [1.807, 2.05) is 5.10 Å². The molecule has 2 aliphatic rings. The first kappa shape index (κ1) is 11.8. The van der Waals surface area contributed by atoms with Gasteiger partial charge in [-0.15, -0.1) is 4.85 Å². The Morgan fingerprint density at radius 3 is 3.00 bits per heavy atom. The number of carbonyl (C=O) groups is 2. The Labute approximate surface area is 100 Å². The first-order valence-corrected chi connectivity index (χ1v) is 5.05. The number of nitrogens with zero attached hydrogens (tertiary/aromatic N) is 2. The summed E-state index contributed by atoms with van der Waals surface area (Å²) < 4.78 is 4.73. The zero-order valence-electron chi connectivity index (χ0n) is 9.34. The SMILES string of the molecule is CCOC(=O)c1nc2c(=O)[nH]n(O)cc-2c1C=O. The lowest BCUT2D eigenvalue weighted by Gasteiger charge is -2.00. The van der Waals surface area contributed by atoms with E-state index in [0.717, 1.165) is 6.20 Å². The van der Waals surface area contributed by atoms with Gasteiger partial charge in [-0.2, -0.15) is 0 Å². The summed E-state index contributed by atoms with van der Waals surface area (Å²) >= 11 is 0. The largest absolute Gasteiger partial charge is 0.461 e. The van der Waals surface area contributed by atoms with Crippen LogP contribution in [0.3, 0.4) is 0 Å². The molecule has 0 radical (unpaired) electrons. The summed E-state index contributed by atoms with van der Waals surface area (Å²) in [7, 11) is 0. The molecule has 2 N–H and O–H groups in total. The summed E-state index contributed by atoms with van der Waals surface area (Å²) in [5, 5.41) is 11.2. The number of fused-ring (bicyclic) bond motifs is 1. The van der Waals surface area contributed by atoms with Crippen LogP contribution in [0.15, 0.2) is 11.0 Å². The molecule has 2 aliphatic heterocycles. The fraction of sp³-hybridized carbons (Fsp3) is 0.200. The zero-order valence-corrected chi connectivity index (χ0v) is 9.34. The highest BCUT2D eigenvalue weighted by Crippen LogP contribution is 2.24. The molecule has 0 aromatic heterocycles. The molecule has 0 spiro atoms. The summed E-state index contributed by atoms with van der Waals surface area (Å²) in [4.78, 5) is 38.2. The number of esters is 1. The normalized spacial score (nSPS) is 10.5. The van der Waals surface area contributed by atoms with Gasteiger partial charge >= 0.3 is 5.97 Å². The van der Waals surface area contributed by atoms with Gasteiger partial charge in [-0.05, 0) is 6.92 Å². The number of carbonyl (C=O) groups excluding carboxylic acids is 2. The van der Waals surface area contributed by atoms with Crippen LogP contribution in [-0.4, -0.2) is 39.0 Å². The van der Waals surface area contributed by atoms with Gasteiger partial charge in [0.05, 0.1) is 18.4 Å². The minimum Gasteiger partial charge on any atom is -0.461 e. The summed E-state index contributed by atoms with van der Waals surface area (Å²) in [6, 6.07) is 0. The molecule has 0 bridgehead atoms. The van der Waals surface area contributed by atoms with Crippen LogP contribution in [0.2, 0.25) is 0 Å². The predicted octanol–water partition coefficient (Wildman–Crippen LogP) is -0.0973.